The molecule has 0 atom stereocenters. The Kier molecular flexibility index (Phi) is 4.47. The summed E-state index contributed by atoms with van der Waals surface area (Å²) in [7, 11) is 0. The van der Waals surface area contributed by atoms with E-state index in [0.29, 0.717) is 5.01 Å². The number of aromatic nitrogens is 3. The van der Waals surface area contributed by atoms with Gasteiger partial charge in [-0.15, -0.1) is 11.3 Å². The lowest BCUT2D eigenvalue weighted by Crippen LogP contribution is -2.12. The molecule has 134 valence electrons. The topological polar surface area (TPSA) is 59.8 Å². The van der Waals surface area contributed by atoms with Gasteiger partial charge in [-0.3, -0.25) is 4.79 Å². The summed E-state index contributed by atoms with van der Waals surface area (Å²) in [5, 5.41) is 9.04. The number of rotatable bonds is 4. The van der Waals surface area contributed by atoms with Crippen LogP contribution in [0.25, 0.3) is 16.3 Å². The smallest absolute Gasteiger partial charge is 0.275 e. The maximum absolute atomic E-state index is 13.3. The normalized spacial score (nSPS) is 10.7. The fourth-order valence-electron chi connectivity index (χ4n) is 2.43. The molecule has 0 fully saturated rings. The van der Waals surface area contributed by atoms with Crippen LogP contribution in [0.15, 0.2) is 66.3 Å². The number of carbonyl (C=O) groups excluding carboxylic acids is 1. The Morgan fingerprint density at radius 1 is 1.07 bits per heavy atom. The molecule has 0 aliphatic heterocycles. The zero-order valence-electron chi connectivity index (χ0n) is 13.8. The first kappa shape index (κ1) is 17.0. The first-order chi connectivity index (χ1) is 13.1. The summed E-state index contributed by atoms with van der Waals surface area (Å²) < 4.78 is 27.9. The summed E-state index contributed by atoms with van der Waals surface area (Å²) in [6.07, 6.45) is 3.49. The highest BCUT2D eigenvalue weighted by molar-refractivity contribution is 7.13. The minimum absolute atomic E-state index is 0.158. The highest BCUT2D eigenvalue weighted by atomic mass is 32.1. The lowest BCUT2D eigenvalue weighted by molar-refractivity contribution is 0.102. The van der Waals surface area contributed by atoms with Gasteiger partial charge in [0.05, 0.1) is 11.9 Å². The summed E-state index contributed by atoms with van der Waals surface area (Å²) in [5.41, 5.74) is 2.03. The van der Waals surface area contributed by atoms with E-state index in [1.807, 2.05) is 36.5 Å². The second kappa shape index (κ2) is 7.08. The van der Waals surface area contributed by atoms with Crippen molar-refractivity contribution < 1.29 is 13.6 Å². The molecule has 0 spiro atoms. The van der Waals surface area contributed by atoms with E-state index in [2.05, 4.69) is 15.4 Å². The summed E-state index contributed by atoms with van der Waals surface area (Å²) in [4.78, 5) is 16.6. The van der Waals surface area contributed by atoms with Gasteiger partial charge in [0.2, 0.25) is 0 Å². The quantitative estimate of drug-likeness (QED) is 0.564. The van der Waals surface area contributed by atoms with Crippen molar-refractivity contribution in [3.8, 4) is 16.3 Å². The second-order valence-corrected chi connectivity index (χ2v) is 6.49. The number of nitrogens with one attached hydrogen (secondary N) is 1. The lowest BCUT2D eigenvalue weighted by atomic mass is 10.3. The minimum Gasteiger partial charge on any atom is -0.321 e. The summed E-state index contributed by atoms with van der Waals surface area (Å²) in [6.45, 7) is 0. The van der Waals surface area contributed by atoms with Crippen LogP contribution in [-0.2, 0) is 0 Å². The van der Waals surface area contributed by atoms with E-state index in [4.69, 9.17) is 0 Å². The number of halogens is 2. The van der Waals surface area contributed by atoms with Gasteiger partial charge < -0.3 is 5.32 Å². The number of carbonyl (C=O) groups is 1. The average molecular weight is 382 g/mol. The highest BCUT2D eigenvalue weighted by Gasteiger charge is 2.14. The number of para-hydroxylation sites is 1. The molecule has 0 aliphatic carbocycles. The molecule has 27 heavy (non-hydrogen) atoms. The van der Waals surface area contributed by atoms with Crippen LogP contribution >= 0.6 is 11.3 Å². The van der Waals surface area contributed by atoms with E-state index >= 15 is 0 Å². The van der Waals surface area contributed by atoms with Crippen molar-refractivity contribution in [1.82, 2.24) is 14.8 Å². The Labute approximate surface area is 156 Å². The van der Waals surface area contributed by atoms with E-state index in [1.54, 1.807) is 16.3 Å². The zero-order chi connectivity index (χ0) is 18.8. The number of anilines is 1. The Morgan fingerprint density at radius 3 is 2.67 bits per heavy atom. The summed E-state index contributed by atoms with van der Waals surface area (Å²) in [5.74, 6) is -2.50. The van der Waals surface area contributed by atoms with Crippen LogP contribution in [0.4, 0.5) is 14.5 Å². The van der Waals surface area contributed by atoms with Gasteiger partial charge in [-0.2, -0.15) is 5.10 Å². The van der Waals surface area contributed by atoms with Crippen molar-refractivity contribution in [2.75, 3.05) is 5.32 Å². The standard InChI is InChI=1S/C19H12F2N4OS/c20-15-7-6-13(8-16(15)21)23-18(26)17-11-27-19(24-17)12-9-22-25(10-12)14-4-2-1-3-5-14/h1-11H,(H,23,26). The molecule has 2 aromatic heterocycles. The minimum atomic E-state index is -1.03. The molecule has 8 heteroatoms. The van der Waals surface area contributed by atoms with Crippen LogP contribution in [0.1, 0.15) is 10.5 Å². The second-order valence-electron chi connectivity index (χ2n) is 5.63. The molecule has 0 radical (unpaired) electrons. The van der Waals surface area contributed by atoms with Crippen LogP contribution in [0.5, 0.6) is 0 Å². The van der Waals surface area contributed by atoms with Gasteiger partial charge in [0.25, 0.3) is 5.91 Å². The highest BCUT2D eigenvalue weighted by Crippen LogP contribution is 2.25. The number of benzene rings is 2. The largest absolute Gasteiger partial charge is 0.321 e. The molecule has 1 N–H and O–H groups in total. The Balaban J connectivity index is 1.52. The molecule has 4 rings (SSSR count). The van der Waals surface area contributed by atoms with Gasteiger partial charge in [0.1, 0.15) is 10.7 Å². The molecule has 0 unspecified atom stereocenters. The fourth-order valence-corrected chi connectivity index (χ4v) is 3.21. The Bertz CT molecular complexity index is 1110. The monoisotopic (exact) mass is 382 g/mol. The van der Waals surface area contributed by atoms with E-state index in [9.17, 15) is 13.6 Å². The van der Waals surface area contributed by atoms with Crippen molar-refractivity contribution in [1.29, 1.82) is 0 Å². The molecule has 4 aromatic rings. The predicted molar refractivity (Wildman–Crippen MR) is 99.0 cm³/mol. The maximum Gasteiger partial charge on any atom is 0.275 e. The van der Waals surface area contributed by atoms with E-state index in [1.165, 1.54) is 17.4 Å². The van der Waals surface area contributed by atoms with Crippen LogP contribution in [-0.4, -0.2) is 20.7 Å². The molecular formula is C19H12F2N4OS. The van der Waals surface area contributed by atoms with E-state index in [0.717, 1.165) is 23.4 Å². The van der Waals surface area contributed by atoms with Gasteiger partial charge >= 0.3 is 0 Å². The van der Waals surface area contributed by atoms with Gasteiger partial charge in [0.15, 0.2) is 11.6 Å². The molecule has 0 saturated carbocycles. The summed E-state index contributed by atoms with van der Waals surface area (Å²) >= 11 is 1.30. The Hall–Kier alpha value is -3.39. The molecule has 2 heterocycles. The van der Waals surface area contributed by atoms with Crippen LogP contribution < -0.4 is 5.32 Å². The summed E-state index contributed by atoms with van der Waals surface area (Å²) in [6, 6.07) is 12.8. The number of amides is 1. The first-order valence-electron chi connectivity index (χ1n) is 7.92. The van der Waals surface area contributed by atoms with Crippen LogP contribution in [0, 0.1) is 11.6 Å². The number of nitrogens with zero attached hydrogens (tertiary/aromatic N) is 3. The van der Waals surface area contributed by atoms with Gasteiger partial charge in [-0.25, -0.2) is 18.4 Å². The molecule has 2 aromatic carbocycles. The maximum atomic E-state index is 13.3. The molecule has 0 aliphatic rings. The van der Waals surface area contributed by atoms with Crippen LogP contribution in [0.3, 0.4) is 0 Å². The molecule has 0 saturated heterocycles. The van der Waals surface area contributed by atoms with Gasteiger partial charge in [0, 0.05) is 28.9 Å². The van der Waals surface area contributed by atoms with Gasteiger partial charge in [-0.05, 0) is 24.3 Å². The van der Waals surface area contributed by atoms with Crippen LogP contribution in [0.2, 0.25) is 0 Å². The average Bonchev–Trinajstić information content (AvgIpc) is 3.35. The number of hydrogen-bond donors (Lipinski definition) is 1. The van der Waals surface area contributed by atoms with Crippen molar-refractivity contribution in [2.45, 2.75) is 0 Å². The third-order valence-corrected chi connectivity index (χ3v) is 4.66. The molecule has 5 nitrogen and oxygen atoms in total. The number of thiazole rings is 1. The number of hydrogen-bond acceptors (Lipinski definition) is 4. The predicted octanol–water partition coefficient (Wildman–Crippen LogP) is 4.53. The van der Waals surface area contributed by atoms with Crippen molar-refractivity contribution >= 4 is 22.9 Å². The first-order valence-corrected chi connectivity index (χ1v) is 8.80. The zero-order valence-corrected chi connectivity index (χ0v) is 14.6. The lowest BCUT2D eigenvalue weighted by Gasteiger charge is -2.03. The fraction of sp³-hybridized carbons (Fsp3) is 0. The van der Waals surface area contributed by atoms with Crippen molar-refractivity contribution in [3.05, 3.63) is 83.6 Å². The van der Waals surface area contributed by atoms with E-state index in [-0.39, 0.29) is 11.4 Å². The van der Waals surface area contributed by atoms with Gasteiger partial charge in [-0.1, -0.05) is 18.2 Å². The third kappa shape index (κ3) is 3.61. The third-order valence-electron chi connectivity index (χ3n) is 3.76. The van der Waals surface area contributed by atoms with E-state index < -0.39 is 17.5 Å². The molecule has 1 amide bonds. The Morgan fingerprint density at radius 2 is 1.89 bits per heavy atom. The molecule has 0 bridgehead atoms. The van der Waals surface area contributed by atoms with Crippen molar-refractivity contribution in [2.24, 2.45) is 0 Å². The van der Waals surface area contributed by atoms with Crippen molar-refractivity contribution in [3.63, 3.8) is 0 Å². The SMILES string of the molecule is O=C(Nc1ccc(F)c(F)c1)c1csc(-c2cnn(-c3ccccc3)c2)n1. The molecular weight excluding hydrogens is 370 g/mol.